The van der Waals surface area contributed by atoms with Gasteiger partial charge in [0.25, 0.3) is 5.91 Å². The molecule has 1 aliphatic heterocycles. The summed E-state index contributed by atoms with van der Waals surface area (Å²) in [6.45, 7) is 2.45. The van der Waals surface area contributed by atoms with Crippen molar-refractivity contribution in [2.24, 2.45) is 0 Å². The molecule has 138 valence electrons. The van der Waals surface area contributed by atoms with Crippen molar-refractivity contribution in [3.63, 3.8) is 0 Å². The summed E-state index contributed by atoms with van der Waals surface area (Å²) in [4.78, 5) is 26.4. The minimum atomic E-state index is -0.431. The normalized spacial score (nSPS) is 15.3. The van der Waals surface area contributed by atoms with Crippen LogP contribution in [0.15, 0.2) is 53.4 Å². The molecule has 1 saturated heterocycles. The molecule has 0 aromatic heterocycles. The minimum absolute atomic E-state index is 0.206. The molecule has 0 atom stereocenters. The average Bonchev–Trinajstić information content (AvgIpc) is 2.96. The Bertz CT molecular complexity index is 922. The maximum Gasteiger partial charge on any atom is 0.337 e. The van der Waals surface area contributed by atoms with Gasteiger partial charge < -0.3 is 9.47 Å². The van der Waals surface area contributed by atoms with E-state index in [1.807, 2.05) is 31.2 Å². The third-order valence-corrected chi connectivity index (χ3v) is 5.15. The summed E-state index contributed by atoms with van der Waals surface area (Å²) in [5.74, 6) is 0.0779. The lowest BCUT2D eigenvalue weighted by molar-refractivity contribution is -0.113. The molecule has 0 bridgehead atoms. The lowest BCUT2D eigenvalue weighted by Crippen LogP contribution is -2.27. The number of esters is 1. The van der Waals surface area contributed by atoms with E-state index in [0.29, 0.717) is 32.8 Å². The molecule has 5 nitrogen and oxygen atoms in total. The van der Waals surface area contributed by atoms with Gasteiger partial charge in [0, 0.05) is 5.56 Å². The van der Waals surface area contributed by atoms with Crippen LogP contribution in [-0.4, -0.2) is 29.9 Å². The second-order valence-corrected chi connectivity index (χ2v) is 7.20. The number of benzene rings is 2. The number of nitrogens with zero attached hydrogens (tertiary/aromatic N) is 1. The fourth-order valence-electron chi connectivity index (χ4n) is 2.58. The molecular weight excluding hydrogens is 382 g/mol. The van der Waals surface area contributed by atoms with Crippen LogP contribution in [-0.2, 0) is 9.53 Å². The first-order valence-electron chi connectivity index (χ1n) is 8.23. The number of carbonyl (C=O) groups is 2. The van der Waals surface area contributed by atoms with Gasteiger partial charge >= 0.3 is 5.97 Å². The highest BCUT2D eigenvalue weighted by Crippen LogP contribution is 2.37. The van der Waals surface area contributed by atoms with Crippen molar-refractivity contribution >= 4 is 51.9 Å². The largest absolute Gasteiger partial charge is 0.493 e. The van der Waals surface area contributed by atoms with E-state index in [1.165, 1.54) is 23.8 Å². The van der Waals surface area contributed by atoms with Gasteiger partial charge in [-0.05, 0) is 43.3 Å². The molecule has 1 fully saturated rings. The second-order valence-electron chi connectivity index (χ2n) is 5.53. The third-order valence-electron chi connectivity index (χ3n) is 3.85. The van der Waals surface area contributed by atoms with Gasteiger partial charge in [-0.1, -0.05) is 42.2 Å². The molecule has 27 heavy (non-hydrogen) atoms. The Hall–Kier alpha value is -2.64. The predicted octanol–water partition coefficient (Wildman–Crippen LogP) is 4.28. The molecular formula is C20H17NO4S2. The number of amides is 1. The van der Waals surface area contributed by atoms with Crippen LogP contribution in [0.5, 0.6) is 5.75 Å². The van der Waals surface area contributed by atoms with Gasteiger partial charge in [0.05, 0.1) is 29.9 Å². The summed E-state index contributed by atoms with van der Waals surface area (Å²) in [7, 11) is 1.32. The summed E-state index contributed by atoms with van der Waals surface area (Å²) in [5, 5.41) is 0. The molecule has 0 spiro atoms. The van der Waals surface area contributed by atoms with Crippen molar-refractivity contribution in [3.8, 4) is 5.75 Å². The number of methoxy groups -OCH3 is 1. The fourth-order valence-corrected chi connectivity index (χ4v) is 3.87. The monoisotopic (exact) mass is 399 g/mol. The Morgan fingerprint density at radius 2 is 1.89 bits per heavy atom. The standard InChI is InChI=1S/C20H17NO4S2/c1-3-25-16-7-5-4-6-14(16)12-17-18(22)21(20(26)27-17)15-10-8-13(9-11-15)19(23)24-2/h4-12H,3H2,1-2H3/b17-12+. The second kappa shape index (κ2) is 8.37. The summed E-state index contributed by atoms with van der Waals surface area (Å²) in [5.41, 5.74) is 1.83. The first-order valence-corrected chi connectivity index (χ1v) is 9.45. The van der Waals surface area contributed by atoms with Crippen LogP contribution in [0, 0.1) is 0 Å². The van der Waals surface area contributed by atoms with Crippen LogP contribution >= 0.6 is 24.0 Å². The fraction of sp³-hybridized carbons (Fsp3) is 0.150. The maximum atomic E-state index is 12.9. The van der Waals surface area contributed by atoms with E-state index >= 15 is 0 Å². The van der Waals surface area contributed by atoms with Gasteiger partial charge in [-0.3, -0.25) is 9.69 Å². The number of hydrogen-bond donors (Lipinski definition) is 0. The van der Waals surface area contributed by atoms with Gasteiger partial charge in [-0.25, -0.2) is 4.79 Å². The van der Waals surface area contributed by atoms with Crippen LogP contribution in [0.4, 0.5) is 5.69 Å². The maximum absolute atomic E-state index is 12.9. The smallest absolute Gasteiger partial charge is 0.337 e. The molecule has 3 rings (SSSR count). The summed E-state index contributed by atoms with van der Waals surface area (Å²) >= 11 is 6.62. The molecule has 2 aromatic rings. The Morgan fingerprint density at radius 1 is 1.19 bits per heavy atom. The van der Waals surface area contributed by atoms with Crippen molar-refractivity contribution in [2.45, 2.75) is 6.92 Å². The van der Waals surface area contributed by atoms with Gasteiger partial charge in [-0.15, -0.1) is 0 Å². The van der Waals surface area contributed by atoms with Gasteiger partial charge in [0.2, 0.25) is 0 Å². The third kappa shape index (κ3) is 4.04. The molecule has 0 N–H and O–H groups in total. The Labute approximate surface area is 167 Å². The Kier molecular flexibility index (Phi) is 5.93. The predicted molar refractivity (Wildman–Crippen MR) is 111 cm³/mol. The lowest BCUT2D eigenvalue weighted by atomic mass is 10.1. The van der Waals surface area contributed by atoms with Gasteiger partial charge in [0.1, 0.15) is 5.75 Å². The molecule has 0 aliphatic carbocycles. The van der Waals surface area contributed by atoms with E-state index in [1.54, 1.807) is 30.3 Å². The topological polar surface area (TPSA) is 55.8 Å². The van der Waals surface area contributed by atoms with Crippen molar-refractivity contribution in [2.75, 3.05) is 18.6 Å². The van der Waals surface area contributed by atoms with Gasteiger partial charge in [-0.2, -0.15) is 0 Å². The minimum Gasteiger partial charge on any atom is -0.493 e. The first-order chi connectivity index (χ1) is 13.0. The lowest BCUT2D eigenvalue weighted by Gasteiger charge is -2.14. The summed E-state index contributed by atoms with van der Waals surface area (Å²) in [6, 6.07) is 14.1. The number of ether oxygens (including phenoxy) is 2. The Balaban J connectivity index is 1.88. The van der Waals surface area contributed by atoms with Crippen molar-refractivity contribution in [3.05, 3.63) is 64.6 Å². The van der Waals surface area contributed by atoms with Crippen LogP contribution in [0.1, 0.15) is 22.8 Å². The van der Waals surface area contributed by atoms with Crippen molar-refractivity contribution in [1.29, 1.82) is 0 Å². The van der Waals surface area contributed by atoms with Crippen molar-refractivity contribution < 1.29 is 19.1 Å². The quantitative estimate of drug-likeness (QED) is 0.425. The highest BCUT2D eigenvalue weighted by atomic mass is 32.2. The molecule has 0 unspecified atom stereocenters. The zero-order valence-electron chi connectivity index (χ0n) is 14.8. The number of para-hydroxylation sites is 1. The highest BCUT2D eigenvalue weighted by molar-refractivity contribution is 8.27. The first kappa shape index (κ1) is 19.1. The number of anilines is 1. The molecule has 2 aromatic carbocycles. The van der Waals surface area contributed by atoms with Crippen LogP contribution in [0.2, 0.25) is 0 Å². The molecule has 1 heterocycles. The SMILES string of the molecule is CCOc1ccccc1/C=C1/SC(=S)N(c2ccc(C(=O)OC)cc2)C1=O. The van der Waals surface area contributed by atoms with E-state index in [0.717, 1.165) is 5.56 Å². The van der Waals surface area contributed by atoms with E-state index in [4.69, 9.17) is 17.0 Å². The van der Waals surface area contributed by atoms with E-state index in [9.17, 15) is 9.59 Å². The average molecular weight is 399 g/mol. The zero-order valence-corrected chi connectivity index (χ0v) is 16.4. The van der Waals surface area contributed by atoms with E-state index in [2.05, 4.69) is 4.74 Å². The Morgan fingerprint density at radius 3 is 2.56 bits per heavy atom. The number of thiocarbonyl (C=S) groups is 1. The molecule has 0 radical (unpaired) electrons. The molecule has 0 saturated carbocycles. The number of hydrogen-bond acceptors (Lipinski definition) is 6. The number of rotatable bonds is 5. The summed E-state index contributed by atoms with van der Waals surface area (Å²) in [6.07, 6.45) is 1.78. The molecule has 1 amide bonds. The van der Waals surface area contributed by atoms with Gasteiger partial charge in [0.15, 0.2) is 4.32 Å². The van der Waals surface area contributed by atoms with Crippen molar-refractivity contribution in [1.82, 2.24) is 0 Å². The molecule has 7 heteroatoms. The highest BCUT2D eigenvalue weighted by Gasteiger charge is 2.33. The molecule has 1 aliphatic rings. The summed E-state index contributed by atoms with van der Waals surface area (Å²) < 4.78 is 10.7. The van der Waals surface area contributed by atoms with Crippen LogP contribution in [0.3, 0.4) is 0 Å². The van der Waals surface area contributed by atoms with Crippen LogP contribution < -0.4 is 9.64 Å². The number of thioether (sulfide) groups is 1. The van der Waals surface area contributed by atoms with Crippen LogP contribution in [0.25, 0.3) is 6.08 Å². The van der Waals surface area contributed by atoms with E-state index < -0.39 is 5.97 Å². The number of carbonyl (C=O) groups excluding carboxylic acids is 2. The van der Waals surface area contributed by atoms with E-state index in [-0.39, 0.29) is 5.91 Å². The zero-order chi connectivity index (χ0) is 19.4.